The van der Waals surface area contributed by atoms with Gasteiger partial charge in [-0.05, 0) is 18.2 Å². The van der Waals surface area contributed by atoms with Crippen LogP contribution in [-0.4, -0.2) is 39.4 Å². The van der Waals surface area contributed by atoms with Crippen molar-refractivity contribution in [3.63, 3.8) is 0 Å². The molecule has 0 aliphatic rings. The van der Waals surface area contributed by atoms with Gasteiger partial charge in [0, 0.05) is 13.6 Å². The highest BCUT2D eigenvalue weighted by Gasteiger charge is 2.25. The van der Waals surface area contributed by atoms with Gasteiger partial charge in [0.05, 0.1) is 28.5 Å². The number of carbonyl (C=O) groups is 1. The van der Waals surface area contributed by atoms with Crippen LogP contribution in [0.25, 0.3) is 0 Å². The number of esters is 1. The van der Waals surface area contributed by atoms with Crippen molar-refractivity contribution >= 4 is 27.6 Å². The quantitative estimate of drug-likeness (QED) is 0.766. The maximum Gasteiger partial charge on any atom is 0.309 e. The van der Waals surface area contributed by atoms with Crippen molar-refractivity contribution in [1.82, 2.24) is 4.31 Å². The Balaban J connectivity index is 3.03. The predicted octanol–water partition coefficient (Wildman–Crippen LogP) is 1.64. The van der Waals surface area contributed by atoms with E-state index in [1.54, 1.807) is 6.92 Å². The Labute approximate surface area is 128 Å². The third-order valence-electron chi connectivity index (χ3n) is 2.90. The Morgan fingerprint density at radius 3 is 2.62 bits per heavy atom. The monoisotopic (exact) mass is 330 g/mol. The molecule has 0 heterocycles. The Kier molecular flexibility index (Phi) is 5.72. The van der Waals surface area contributed by atoms with Gasteiger partial charge < -0.3 is 4.74 Å². The molecule has 1 atom stereocenters. The fourth-order valence-corrected chi connectivity index (χ4v) is 3.26. The zero-order valence-corrected chi connectivity index (χ0v) is 13.4. The molecule has 0 aliphatic heterocycles. The number of nitrogens with zero attached hydrogens (tertiary/aromatic N) is 2. The van der Waals surface area contributed by atoms with Gasteiger partial charge >= 0.3 is 5.97 Å². The van der Waals surface area contributed by atoms with Crippen molar-refractivity contribution in [2.24, 2.45) is 5.92 Å². The largest absolute Gasteiger partial charge is 0.469 e. The molecule has 0 bridgehead atoms. The lowest BCUT2D eigenvalue weighted by atomic mass is 10.2. The normalized spacial score (nSPS) is 12.8. The average molecular weight is 331 g/mol. The molecule has 0 saturated heterocycles. The SMILES string of the molecule is COC(=O)[C@H](C)CN(C)S(=O)(=O)c1ccc(C#N)c(Cl)c1. The second-order valence-electron chi connectivity index (χ2n) is 4.46. The van der Waals surface area contributed by atoms with E-state index in [0.717, 1.165) is 4.31 Å². The summed E-state index contributed by atoms with van der Waals surface area (Å²) in [6.45, 7) is 1.55. The molecule has 1 aromatic rings. The number of hydrogen-bond acceptors (Lipinski definition) is 5. The molecule has 0 radical (unpaired) electrons. The minimum Gasteiger partial charge on any atom is -0.469 e. The summed E-state index contributed by atoms with van der Waals surface area (Å²) in [6.07, 6.45) is 0. The van der Waals surface area contributed by atoms with Crippen molar-refractivity contribution in [2.75, 3.05) is 20.7 Å². The van der Waals surface area contributed by atoms with E-state index >= 15 is 0 Å². The highest BCUT2D eigenvalue weighted by molar-refractivity contribution is 7.89. The van der Waals surface area contributed by atoms with Crippen LogP contribution in [-0.2, 0) is 19.6 Å². The zero-order chi connectivity index (χ0) is 16.2. The molecule has 1 rings (SSSR count). The first-order chi connectivity index (χ1) is 9.73. The van der Waals surface area contributed by atoms with Crippen LogP contribution in [0.4, 0.5) is 0 Å². The smallest absolute Gasteiger partial charge is 0.309 e. The predicted molar refractivity (Wildman–Crippen MR) is 77.2 cm³/mol. The van der Waals surface area contributed by atoms with Gasteiger partial charge in [-0.25, -0.2) is 12.7 Å². The molecular weight excluding hydrogens is 316 g/mol. The molecule has 21 heavy (non-hydrogen) atoms. The highest BCUT2D eigenvalue weighted by Crippen LogP contribution is 2.22. The van der Waals surface area contributed by atoms with E-state index in [9.17, 15) is 13.2 Å². The number of halogens is 1. The van der Waals surface area contributed by atoms with Crippen LogP contribution < -0.4 is 0 Å². The molecule has 0 spiro atoms. The lowest BCUT2D eigenvalue weighted by Gasteiger charge is -2.20. The van der Waals surface area contributed by atoms with Crippen LogP contribution in [0.1, 0.15) is 12.5 Å². The zero-order valence-electron chi connectivity index (χ0n) is 11.8. The van der Waals surface area contributed by atoms with Gasteiger partial charge in [0.2, 0.25) is 10.0 Å². The summed E-state index contributed by atoms with van der Waals surface area (Å²) < 4.78 is 30.3. The van der Waals surface area contributed by atoms with E-state index in [2.05, 4.69) is 4.74 Å². The molecule has 0 amide bonds. The van der Waals surface area contributed by atoms with Crippen LogP contribution in [0.3, 0.4) is 0 Å². The first-order valence-corrected chi connectivity index (χ1v) is 7.79. The number of carbonyl (C=O) groups excluding carboxylic acids is 1. The van der Waals surface area contributed by atoms with Crippen molar-refractivity contribution < 1.29 is 17.9 Å². The Bertz CT molecular complexity index is 682. The molecule has 8 heteroatoms. The van der Waals surface area contributed by atoms with Gasteiger partial charge in [-0.15, -0.1) is 0 Å². The molecule has 0 saturated carbocycles. The van der Waals surface area contributed by atoms with Crippen LogP contribution in [0.15, 0.2) is 23.1 Å². The summed E-state index contributed by atoms with van der Waals surface area (Å²) in [4.78, 5) is 11.3. The lowest BCUT2D eigenvalue weighted by Crippen LogP contribution is -2.34. The van der Waals surface area contributed by atoms with E-state index in [-0.39, 0.29) is 22.0 Å². The molecule has 0 N–H and O–H groups in total. The van der Waals surface area contributed by atoms with E-state index in [1.165, 1.54) is 32.4 Å². The molecule has 0 aliphatic carbocycles. The summed E-state index contributed by atoms with van der Waals surface area (Å²) >= 11 is 5.84. The van der Waals surface area contributed by atoms with Crippen molar-refractivity contribution in [1.29, 1.82) is 5.26 Å². The number of benzene rings is 1. The minimum atomic E-state index is -3.79. The van der Waals surface area contributed by atoms with Crippen molar-refractivity contribution in [2.45, 2.75) is 11.8 Å². The maximum atomic E-state index is 12.4. The molecule has 0 unspecified atom stereocenters. The van der Waals surface area contributed by atoms with Gasteiger partial charge in [0.1, 0.15) is 6.07 Å². The third kappa shape index (κ3) is 3.94. The molecule has 0 aromatic heterocycles. The second kappa shape index (κ2) is 6.89. The molecule has 6 nitrogen and oxygen atoms in total. The second-order valence-corrected chi connectivity index (χ2v) is 6.92. The van der Waals surface area contributed by atoms with E-state index in [4.69, 9.17) is 16.9 Å². The average Bonchev–Trinajstić information content (AvgIpc) is 2.45. The Morgan fingerprint density at radius 2 is 2.14 bits per heavy atom. The van der Waals surface area contributed by atoms with Crippen LogP contribution >= 0.6 is 11.6 Å². The van der Waals surface area contributed by atoms with Gasteiger partial charge in [-0.2, -0.15) is 5.26 Å². The topological polar surface area (TPSA) is 87.5 Å². The van der Waals surface area contributed by atoms with Crippen LogP contribution in [0.5, 0.6) is 0 Å². The fraction of sp³-hybridized carbons (Fsp3) is 0.385. The summed E-state index contributed by atoms with van der Waals surface area (Å²) in [6, 6.07) is 5.72. The van der Waals surface area contributed by atoms with Crippen LogP contribution in [0, 0.1) is 17.2 Å². The highest BCUT2D eigenvalue weighted by atomic mass is 35.5. The van der Waals surface area contributed by atoms with E-state index < -0.39 is 21.9 Å². The van der Waals surface area contributed by atoms with Crippen molar-refractivity contribution in [3.8, 4) is 6.07 Å². The van der Waals surface area contributed by atoms with Gasteiger partial charge in [0.25, 0.3) is 0 Å². The fourth-order valence-electron chi connectivity index (χ4n) is 1.69. The summed E-state index contributed by atoms with van der Waals surface area (Å²) in [5.41, 5.74) is 0.196. The number of nitriles is 1. The maximum absolute atomic E-state index is 12.4. The molecule has 0 fully saturated rings. The van der Waals surface area contributed by atoms with E-state index in [1.807, 2.05) is 6.07 Å². The standard InChI is InChI=1S/C13H15ClN2O4S/c1-9(13(17)20-3)8-16(2)21(18,19)11-5-4-10(7-15)12(14)6-11/h4-6,9H,8H2,1-3H3/t9-/m1/s1. The summed E-state index contributed by atoms with van der Waals surface area (Å²) in [5.74, 6) is -1.08. The number of hydrogen-bond donors (Lipinski definition) is 0. The third-order valence-corrected chi connectivity index (χ3v) is 5.04. The van der Waals surface area contributed by atoms with Crippen LogP contribution in [0.2, 0.25) is 5.02 Å². The van der Waals surface area contributed by atoms with Crippen molar-refractivity contribution in [3.05, 3.63) is 28.8 Å². The number of sulfonamides is 1. The Morgan fingerprint density at radius 1 is 1.52 bits per heavy atom. The Hall–Kier alpha value is -1.62. The number of rotatable bonds is 5. The summed E-state index contributed by atoms with van der Waals surface area (Å²) in [5, 5.41) is 8.85. The molecule has 1 aromatic carbocycles. The first-order valence-electron chi connectivity index (χ1n) is 5.97. The van der Waals surface area contributed by atoms with Gasteiger partial charge in [0.15, 0.2) is 0 Å². The number of ether oxygens (including phenoxy) is 1. The minimum absolute atomic E-state index is 0.0212. The molecular formula is C13H15ClN2O4S. The van der Waals surface area contributed by atoms with E-state index in [0.29, 0.717) is 0 Å². The van der Waals surface area contributed by atoms with Gasteiger partial charge in [-0.3, -0.25) is 4.79 Å². The van der Waals surface area contributed by atoms with Gasteiger partial charge in [-0.1, -0.05) is 18.5 Å². The number of methoxy groups -OCH3 is 1. The molecule has 114 valence electrons. The lowest BCUT2D eigenvalue weighted by molar-refractivity contribution is -0.144. The summed E-state index contributed by atoms with van der Waals surface area (Å²) in [7, 11) is -1.19. The first kappa shape index (κ1) is 17.4.